The molecule has 0 radical (unpaired) electrons. The van der Waals surface area contributed by atoms with Crippen molar-refractivity contribution in [2.24, 2.45) is 0 Å². The third kappa shape index (κ3) is 10.8. The molecule has 1 aromatic rings. The average molecular weight is 425 g/mol. The lowest BCUT2D eigenvalue weighted by Gasteiger charge is -2.13. The topological polar surface area (TPSA) is 71.4 Å². The minimum Gasteiger partial charge on any atom is -0.480 e. The molecule has 29 heavy (non-hydrogen) atoms. The van der Waals surface area contributed by atoms with E-state index in [0.717, 1.165) is 19.3 Å². The molecule has 0 heterocycles. The van der Waals surface area contributed by atoms with Gasteiger partial charge in [0, 0.05) is 0 Å². The molecule has 5 heteroatoms. The highest BCUT2D eigenvalue weighted by Crippen LogP contribution is 2.21. The lowest BCUT2D eigenvalue weighted by Crippen LogP contribution is -2.30. The van der Waals surface area contributed by atoms with Crippen LogP contribution in [0.25, 0.3) is 0 Å². The first-order valence-corrected chi connectivity index (χ1v) is 13.1. The van der Waals surface area contributed by atoms with Crippen LogP contribution in [0, 0.1) is 0 Å². The van der Waals surface area contributed by atoms with Crippen LogP contribution in [-0.2, 0) is 14.6 Å². The van der Waals surface area contributed by atoms with Crippen molar-refractivity contribution in [2.75, 3.05) is 0 Å². The molecule has 166 valence electrons. The van der Waals surface area contributed by atoms with E-state index in [1.807, 2.05) is 0 Å². The van der Waals surface area contributed by atoms with Crippen molar-refractivity contribution in [3.8, 4) is 0 Å². The first-order chi connectivity index (χ1) is 14.0. The average Bonchev–Trinajstić information content (AvgIpc) is 2.71. The van der Waals surface area contributed by atoms with Crippen LogP contribution in [0.4, 0.5) is 0 Å². The van der Waals surface area contributed by atoms with Crippen molar-refractivity contribution >= 4 is 15.8 Å². The fourth-order valence-electron chi connectivity index (χ4n) is 3.71. The van der Waals surface area contributed by atoms with Crippen LogP contribution < -0.4 is 0 Å². The molecule has 0 aliphatic rings. The van der Waals surface area contributed by atoms with E-state index in [2.05, 4.69) is 6.92 Å². The minimum atomic E-state index is -3.82. The Morgan fingerprint density at radius 1 is 0.759 bits per heavy atom. The van der Waals surface area contributed by atoms with E-state index < -0.39 is 21.1 Å². The Morgan fingerprint density at radius 2 is 1.17 bits per heavy atom. The van der Waals surface area contributed by atoms with Gasteiger partial charge in [-0.05, 0) is 18.6 Å². The highest BCUT2D eigenvalue weighted by atomic mass is 32.2. The summed E-state index contributed by atoms with van der Waals surface area (Å²) in [7, 11) is -3.82. The number of carboxylic acid groups (broad SMARTS) is 1. The Bertz CT molecular complexity index is 640. The molecule has 4 nitrogen and oxygen atoms in total. The van der Waals surface area contributed by atoms with E-state index in [1.54, 1.807) is 18.2 Å². The summed E-state index contributed by atoms with van der Waals surface area (Å²) in [5.74, 6) is -1.25. The van der Waals surface area contributed by atoms with Crippen molar-refractivity contribution in [2.45, 2.75) is 113 Å². The van der Waals surface area contributed by atoms with Crippen LogP contribution in [0.2, 0.25) is 0 Å². The smallest absolute Gasteiger partial charge is 0.322 e. The SMILES string of the molecule is CCCCCCCCCCCCCCCCC(C(=O)O)S(=O)(=O)c1ccccc1. The second-order valence-electron chi connectivity index (χ2n) is 8.07. The number of benzene rings is 1. The van der Waals surface area contributed by atoms with Gasteiger partial charge in [0.25, 0.3) is 0 Å². The molecule has 0 fully saturated rings. The molecule has 0 aliphatic carbocycles. The van der Waals surface area contributed by atoms with Crippen molar-refractivity contribution in [3.63, 3.8) is 0 Å². The minimum absolute atomic E-state index is 0.0952. The van der Waals surface area contributed by atoms with Gasteiger partial charge in [0.15, 0.2) is 15.1 Å². The summed E-state index contributed by atoms with van der Waals surface area (Å²) in [6, 6.07) is 7.91. The molecule has 1 N–H and O–H groups in total. The van der Waals surface area contributed by atoms with Gasteiger partial charge in [-0.2, -0.15) is 0 Å². The number of unbranched alkanes of at least 4 members (excludes halogenated alkanes) is 13. The number of hydrogen-bond donors (Lipinski definition) is 1. The molecule has 1 unspecified atom stereocenters. The fourth-order valence-corrected chi connectivity index (χ4v) is 5.32. The third-order valence-corrected chi connectivity index (χ3v) is 7.66. The summed E-state index contributed by atoms with van der Waals surface area (Å²) in [4.78, 5) is 11.6. The second kappa shape index (κ2) is 15.5. The highest BCUT2D eigenvalue weighted by molar-refractivity contribution is 7.92. The Morgan fingerprint density at radius 3 is 1.59 bits per heavy atom. The Hall–Kier alpha value is -1.36. The lowest BCUT2D eigenvalue weighted by atomic mass is 10.0. The van der Waals surface area contributed by atoms with Gasteiger partial charge in [-0.3, -0.25) is 4.79 Å². The van der Waals surface area contributed by atoms with Gasteiger partial charge in [-0.25, -0.2) is 8.42 Å². The molecular weight excluding hydrogens is 384 g/mol. The van der Waals surface area contributed by atoms with Crippen LogP contribution in [0.5, 0.6) is 0 Å². The number of carboxylic acids is 1. The summed E-state index contributed by atoms with van der Waals surface area (Å²) >= 11 is 0. The molecular formula is C24H40O4S. The molecule has 0 bridgehead atoms. The summed E-state index contributed by atoms with van der Waals surface area (Å²) in [5.41, 5.74) is 0. The number of carbonyl (C=O) groups is 1. The molecule has 1 rings (SSSR count). The zero-order valence-corrected chi connectivity index (χ0v) is 19.0. The molecule has 0 saturated carbocycles. The standard InChI is InChI=1S/C24H40O4S/c1-2-3-4-5-6-7-8-9-10-11-12-13-14-18-21-23(24(25)26)29(27,28)22-19-16-15-17-20-22/h15-17,19-20,23H,2-14,18,21H2,1H3,(H,25,26). The molecule has 0 spiro atoms. The van der Waals surface area contributed by atoms with Gasteiger partial charge in [0.2, 0.25) is 0 Å². The van der Waals surface area contributed by atoms with E-state index in [4.69, 9.17) is 0 Å². The van der Waals surface area contributed by atoms with Gasteiger partial charge in [-0.15, -0.1) is 0 Å². The molecule has 1 atom stereocenters. The first kappa shape index (κ1) is 25.7. The number of hydrogen-bond acceptors (Lipinski definition) is 3. The van der Waals surface area contributed by atoms with Crippen molar-refractivity contribution in [1.82, 2.24) is 0 Å². The van der Waals surface area contributed by atoms with Crippen LogP contribution in [-0.4, -0.2) is 24.7 Å². The van der Waals surface area contributed by atoms with Gasteiger partial charge >= 0.3 is 5.97 Å². The van der Waals surface area contributed by atoms with Gasteiger partial charge < -0.3 is 5.11 Å². The predicted octanol–water partition coefficient (Wildman–Crippen LogP) is 6.78. The Labute approximate surface area is 178 Å². The normalized spacial score (nSPS) is 12.7. The molecule has 0 aliphatic heterocycles. The summed E-state index contributed by atoms with van der Waals surface area (Å²) < 4.78 is 25.1. The molecule has 0 saturated heterocycles. The summed E-state index contributed by atoms with van der Waals surface area (Å²) in [5, 5.41) is 8.05. The van der Waals surface area contributed by atoms with E-state index in [1.165, 1.54) is 76.3 Å². The van der Waals surface area contributed by atoms with E-state index >= 15 is 0 Å². The van der Waals surface area contributed by atoms with Crippen LogP contribution >= 0.6 is 0 Å². The molecule has 1 aromatic carbocycles. The van der Waals surface area contributed by atoms with Crippen molar-refractivity contribution in [3.05, 3.63) is 30.3 Å². The molecule has 0 aromatic heterocycles. The number of aliphatic carboxylic acids is 1. The van der Waals surface area contributed by atoms with E-state index in [9.17, 15) is 18.3 Å². The second-order valence-corrected chi connectivity index (χ2v) is 10.2. The largest absolute Gasteiger partial charge is 0.480 e. The third-order valence-electron chi connectivity index (χ3n) is 5.54. The van der Waals surface area contributed by atoms with Crippen LogP contribution in [0.15, 0.2) is 35.2 Å². The first-order valence-electron chi connectivity index (χ1n) is 11.5. The maximum absolute atomic E-state index is 12.6. The van der Waals surface area contributed by atoms with Crippen molar-refractivity contribution in [1.29, 1.82) is 0 Å². The Balaban J connectivity index is 2.11. The maximum atomic E-state index is 12.6. The quantitative estimate of drug-likeness (QED) is 0.263. The fraction of sp³-hybridized carbons (Fsp3) is 0.708. The van der Waals surface area contributed by atoms with Crippen LogP contribution in [0.3, 0.4) is 0 Å². The lowest BCUT2D eigenvalue weighted by molar-refractivity contribution is -0.136. The van der Waals surface area contributed by atoms with E-state index in [-0.39, 0.29) is 11.3 Å². The van der Waals surface area contributed by atoms with Crippen LogP contribution in [0.1, 0.15) is 103 Å². The highest BCUT2D eigenvalue weighted by Gasteiger charge is 2.33. The predicted molar refractivity (Wildman–Crippen MR) is 120 cm³/mol. The summed E-state index contributed by atoms with van der Waals surface area (Å²) in [6.07, 6.45) is 17.2. The maximum Gasteiger partial charge on any atom is 0.322 e. The Kier molecular flexibility index (Phi) is 13.7. The summed E-state index contributed by atoms with van der Waals surface area (Å²) in [6.45, 7) is 2.25. The van der Waals surface area contributed by atoms with Gasteiger partial charge in [-0.1, -0.05) is 115 Å². The zero-order valence-electron chi connectivity index (χ0n) is 18.2. The van der Waals surface area contributed by atoms with E-state index in [0.29, 0.717) is 6.42 Å². The number of sulfone groups is 1. The van der Waals surface area contributed by atoms with Gasteiger partial charge in [0.1, 0.15) is 0 Å². The monoisotopic (exact) mass is 424 g/mol. The number of rotatable bonds is 18. The van der Waals surface area contributed by atoms with Gasteiger partial charge in [0.05, 0.1) is 4.90 Å². The zero-order chi connectivity index (χ0) is 21.4. The van der Waals surface area contributed by atoms with Crippen molar-refractivity contribution < 1.29 is 18.3 Å². The molecule has 0 amide bonds.